The lowest BCUT2D eigenvalue weighted by Gasteiger charge is -2.35. The second kappa shape index (κ2) is 7.76. The quantitative estimate of drug-likeness (QED) is 0.740. The number of nitrogens with zero attached hydrogens (tertiary/aromatic N) is 3. The van der Waals surface area contributed by atoms with Crippen LogP contribution in [0.5, 0.6) is 0 Å². The molecule has 152 valence electrons. The lowest BCUT2D eigenvalue weighted by molar-refractivity contribution is -0.136. The first-order chi connectivity index (χ1) is 13.9. The molecule has 2 fully saturated rings. The molecule has 1 aromatic carbocycles. The number of benzene rings is 1. The number of imide groups is 1. The number of halogens is 1. The second-order valence-electron chi connectivity index (χ2n) is 7.42. The van der Waals surface area contributed by atoms with Gasteiger partial charge in [0.2, 0.25) is 5.91 Å². The van der Waals surface area contributed by atoms with Crippen LogP contribution < -0.4 is 5.32 Å². The smallest absolute Gasteiger partial charge is 0.313 e. The molecule has 1 saturated heterocycles. The minimum Gasteiger partial charge on any atom is -0.313 e. The highest BCUT2D eigenvalue weighted by molar-refractivity contribution is 7.14. The van der Waals surface area contributed by atoms with Gasteiger partial charge in [0, 0.05) is 23.0 Å². The monoisotopic (exact) mass is 432 g/mol. The van der Waals surface area contributed by atoms with Crippen molar-refractivity contribution < 1.29 is 14.4 Å². The maximum Gasteiger partial charge on any atom is 0.327 e. The van der Waals surface area contributed by atoms with Crippen molar-refractivity contribution in [2.24, 2.45) is 0 Å². The van der Waals surface area contributed by atoms with E-state index in [2.05, 4.69) is 10.3 Å². The fraction of sp³-hybridized carbons (Fsp3) is 0.400. The number of amides is 4. The first-order valence-electron chi connectivity index (χ1n) is 9.52. The van der Waals surface area contributed by atoms with Crippen LogP contribution in [0.2, 0.25) is 5.02 Å². The lowest BCUT2D eigenvalue weighted by Crippen LogP contribution is -2.49. The van der Waals surface area contributed by atoms with E-state index in [-0.39, 0.29) is 12.5 Å². The van der Waals surface area contributed by atoms with Gasteiger partial charge in [-0.1, -0.05) is 43.0 Å². The number of likely N-dealkylation sites (N-methyl/N-ethyl adjacent to an activating group) is 1. The van der Waals surface area contributed by atoms with Crippen LogP contribution in [0.4, 0.5) is 9.93 Å². The van der Waals surface area contributed by atoms with Crippen LogP contribution in [-0.2, 0) is 9.59 Å². The number of thiazole rings is 1. The number of aromatic nitrogens is 1. The Morgan fingerprint density at radius 3 is 2.59 bits per heavy atom. The molecule has 29 heavy (non-hydrogen) atoms. The fourth-order valence-corrected chi connectivity index (χ4v) is 4.92. The van der Waals surface area contributed by atoms with Crippen LogP contribution in [0.3, 0.4) is 0 Å². The minimum atomic E-state index is -0.779. The lowest BCUT2D eigenvalue weighted by atomic mass is 9.81. The van der Waals surface area contributed by atoms with Crippen LogP contribution in [0.1, 0.15) is 32.1 Å². The highest BCUT2D eigenvalue weighted by atomic mass is 35.5. The van der Waals surface area contributed by atoms with Crippen molar-refractivity contribution >= 4 is 45.9 Å². The molecule has 4 rings (SSSR count). The Kier molecular flexibility index (Phi) is 5.31. The third kappa shape index (κ3) is 3.62. The molecule has 2 aromatic rings. The van der Waals surface area contributed by atoms with Crippen LogP contribution in [0, 0.1) is 0 Å². The standard InChI is InChI=1S/C20H21ClN4O3S/c1-24-19(28)25(17(27)20(24)9-3-2-4-10-20)11-16(26)23-18-22-15(12-29-18)13-5-7-14(21)8-6-13/h5-8,12H,2-4,9-11H2,1H3,(H,22,23,26). The summed E-state index contributed by atoms with van der Waals surface area (Å²) in [5, 5.41) is 5.58. The third-order valence-electron chi connectivity index (χ3n) is 5.68. The Hall–Kier alpha value is -2.45. The molecule has 1 spiro atoms. The number of urea groups is 1. The van der Waals surface area contributed by atoms with Gasteiger partial charge < -0.3 is 10.2 Å². The highest BCUT2D eigenvalue weighted by Crippen LogP contribution is 2.39. The summed E-state index contributed by atoms with van der Waals surface area (Å²) in [4.78, 5) is 45.1. The summed E-state index contributed by atoms with van der Waals surface area (Å²) in [6.07, 6.45) is 4.20. The van der Waals surface area contributed by atoms with Gasteiger partial charge in [-0.3, -0.25) is 14.5 Å². The molecule has 1 aliphatic carbocycles. The summed E-state index contributed by atoms with van der Waals surface area (Å²) in [6.45, 7) is -0.306. The summed E-state index contributed by atoms with van der Waals surface area (Å²) in [5.41, 5.74) is 0.826. The van der Waals surface area contributed by atoms with Crippen molar-refractivity contribution in [1.29, 1.82) is 0 Å². The molecular formula is C20H21ClN4O3S. The van der Waals surface area contributed by atoms with E-state index in [1.807, 2.05) is 17.5 Å². The van der Waals surface area contributed by atoms with Crippen molar-refractivity contribution in [2.75, 3.05) is 18.9 Å². The maximum atomic E-state index is 13.0. The Morgan fingerprint density at radius 1 is 1.21 bits per heavy atom. The maximum absolute atomic E-state index is 13.0. The Labute approximate surface area is 177 Å². The average molecular weight is 433 g/mol. The number of rotatable bonds is 4. The number of carbonyl (C=O) groups is 3. The first kappa shape index (κ1) is 19.8. The number of carbonyl (C=O) groups excluding carboxylic acids is 3. The molecule has 1 saturated carbocycles. The molecule has 0 unspecified atom stereocenters. The van der Waals surface area contributed by atoms with Gasteiger partial charge in [0.1, 0.15) is 12.1 Å². The van der Waals surface area contributed by atoms with Crippen molar-refractivity contribution in [2.45, 2.75) is 37.6 Å². The van der Waals surface area contributed by atoms with E-state index >= 15 is 0 Å². The highest BCUT2D eigenvalue weighted by Gasteiger charge is 2.55. The van der Waals surface area contributed by atoms with Gasteiger partial charge >= 0.3 is 6.03 Å². The van der Waals surface area contributed by atoms with E-state index in [9.17, 15) is 14.4 Å². The van der Waals surface area contributed by atoms with E-state index in [0.29, 0.717) is 23.0 Å². The molecule has 1 aromatic heterocycles. The zero-order valence-electron chi connectivity index (χ0n) is 16.0. The Morgan fingerprint density at radius 2 is 1.90 bits per heavy atom. The van der Waals surface area contributed by atoms with Gasteiger partial charge in [-0.25, -0.2) is 9.78 Å². The van der Waals surface area contributed by atoms with Crippen molar-refractivity contribution in [1.82, 2.24) is 14.8 Å². The van der Waals surface area contributed by atoms with Gasteiger partial charge in [-0.05, 0) is 25.0 Å². The van der Waals surface area contributed by atoms with Crippen LogP contribution in [0.15, 0.2) is 29.6 Å². The molecule has 9 heteroatoms. The zero-order valence-corrected chi connectivity index (χ0v) is 17.6. The number of nitrogens with one attached hydrogen (secondary N) is 1. The van der Waals surface area contributed by atoms with Gasteiger partial charge in [-0.2, -0.15) is 0 Å². The van der Waals surface area contributed by atoms with Crippen LogP contribution >= 0.6 is 22.9 Å². The molecule has 2 heterocycles. The van der Waals surface area contributed by atoms with E-state index in [0.717, 1.165) is 35.4 Å². The first-order valence-corrected chi connectivity index (χ1v) is 10.8. The van der Waals surface area contributed by atoms with Crippen LogP contribution in [0.25, 0.3) is 11.3 Å². The van der Waals surface area contributed by atoms with Crippen LogP contribution in [-0.4, -0.2) is 51.8 Å². The number of hydrogen-bond acceptors (Lipinski definition) is 5. The summed E-state index contributed by atoms with van der Waals surface area (Å²) in [5.74, 6) is -0.703. The molecule has 1 aliphatic heterocycles. The van der Waals surface area contributed by atoms with E-state index in [4.69, 9.17) is 11.6 Å². The molecule has 7 nitrogen and oxygen atoms in total. The van der Waals surface area contributed by atoms with E-state index in [1.54, 1.807) is 19.2 Å². The van der Waals surface area contributed by atoms with Crippen molar-refractivity contribution in [3.05, 3.63) is 34.7 Å². The summed E-state index contributed by atoms with van der Waals surface area (Å²) in [7, 11) is 1.66. The summed E-state index contributed by atoms with van der Waals surface area (Å²) < 4.78 is 0. The molecule has 0 bridgehead atoms. The molecule has 2 aliphatic rings. The van der Waals surface area contributed by atoms with E-state index < -0.39 is 17.5 Å². The van der Waals surface area contributed by atoms with Gasteiger partial charge in [0.05, 0.1) is 5.69 Å². The molecular weight excluding hydrogens is 412 g/mol. The van der Waals surface area contributed by atoms with Gasteiger partial charge in [0.15, 0.2) is 5.13 Å². The summed E-state index contributed by atoms with van der Waals surface area (Å²) in [6, 6.07) is 6.84. The SMILES string of the molecule is CN1C(=O)N(CC(=O)Nc2nc(-c3ccc(Cl)cc3)cs2)C(=O)C12CCCCC2. The molecule has 4 amide bonds. The number of anilines is 1. The average Bonchev–Trinajstić information content (AvgIpc) is 3.24. The summed E-state index contributed by atoms with van der Waals surface area (Å²) >= 11 is 7.19. The zero-order chi connectivity index (χ0) is 20.6. The molecule has 0 atom stereocenters. The van der Waals surface area contributed by atoms with Crippen molar-refractivity contribution in [3.63, 3.8) is 0 Å². The third-order valence-corrected chi connectivity index (χ3v) is 6.69. The molecule has 0 radical (unpaired) electrons. The Balaban J connectivity index is 1.43. The van der Waals surface area contributed by atoms with E-state index in [1.165, 1.54) is 16.2 Å². The topological polar surface area (TPSA) is 82.6 Å². The van der Waals surface area contributed by atoms with Gasteiger partial charge in [-0.15, -0.1) is 11.3 Å². The predicted octanol–water partition coefficient (Wildman–Crippen LogP) is 4.00. The Bertz CT molecular complexity index is 953. The van der Waals surface area contributed by atoms with Gasteiger partial charge in [0.25, 0.3) is 5.91 Å². The molecule has 1 N–H and O–H groups in total. The fourth-order valence-electron chi connectivity index (χ4n) is 4.06. The predicted molar refractivity (Wildman–Crippen MR) is 112 cm³/mol. The minimum absolute atomic E-state index is 0.263. The van der Waals surface area contributed by atoms with Crippen molar-refractivity contribution in [3.8, 4) is 11.3 Å². The largest absolute Gasteiger partial charge is 0.327 e. The number of hydrogen-bond donors (Lipinski definition) is 1. The normalized spacial score (nSPS) is 18.6. The second-order valence-corrected chi connectivity index (χ2v) is 8.71.